The monoisotopic (exact) mass is 184 g/mol. The Morgan fingerprint density at radius 2 is 2.08 bits per heavy atom. The third-order valence-electron chi connectivity index (χ3n) is 3.01. The Morgan fingerprint density at radius 3 is 2.62 bits per heavy atom. The normalized spacial score (nSPS) is 17.8. The molecule has 0 unspecified atom stereocenters. The second-order valence-corrected chi connectivity index (χ2v) is 4.37. The quantitative estimate of drug-likeness (QED) is 0.606. The molecule has 2 nitrogen and oxygen atoms in total. The summed E-state index contributed by atoms with van der Waals surface area (Å²) < 4.78 is 0. The van der Waals surface area contributed by atoms with Gasteiger partial charge < -0.3 is 10.2 Å². The smallest absolute Gasteiger partial charge is 0.000661 e. The van der Waals surface area contributed by atoms with E-state index in [0.29, 0.717) is 0 Å². The van der Waals surface area contributed by atoms with Crippen LogP contribution in [0, 0.1) is 5.92 Å². The van der Waals surface area contributed by atoms with Crippen molar-refractivity contribution in [3.05, 3.63) is 0 Å². The summed E-state index contributed by atoms with van der Waals surface area (Å²) in [5.74, 6) is 1.02. The number of hydrogen-bond acceptors (Lipinski definition) is 2. The highest BCUT2D eigenvalue weighted by Crippen LogP contribution is 2.26. The van der Waals surface area contributed by atoms with E-state index in [0.717, 1.165) is 12.5 Å². The zero-order valence-electron chi connectivity index (χ0n) is 9.18. The van der Waals surface area contributed by atoms with Crippen molar-refractivity contribution in [2.45, 2.75) is 32.1 Å². The highest BCUT2D eigenvalue weighted by Gasteiger charge is 2.18. The molecule has 1 N–H and O–H groups in total. The Labute approximate surface area is 82.7 Å². The Balaban J connectivity index is 1.87. The number of nitrogens with zero attached hydrogens (tertiary/aromatic N) is 1. The van der Waals surface area contributed by atoms with Crippen molar-refractivity contribution < 1.29 is 0 Å². The fourth-order valence-electron chi connectivity index (χ4n) is 1.89. The molecule has 0 spiro atoms. The fraction of sp³-hybridized carbons (Fsp3) is 1.00. The van der Waals surface area contributed by atoms with E-state index in [4.69, 9.17) is 0 Å². The van der Waals surface area contributed by atoms with E-state index >= 15 is 0 Å². The van der Waals surface area contributed by atoms with Gasteiger partial charge in [0.1, 0.15) is 0 Å². The van der Waals surface area contributed by atoms with Crippen LogP contribution in [0.25, 0.3) is 0 Å². The fourth-order valence-corrected chi connectivity index (χ4v) is 1.89. The molecule has 1 rings (SSSR count). The largest absolute Gasteiger partial charge is 0.320 e. The minimum absolute atomic E-state index is 1.02. The molecule has 0 aromatic heterocycles. The van der Waals surface area contributed by atoms with Crippen LogP contribution in [-0.2, 0) is 0 Å². The maximum Gasteiger partial charge on any atom is 0.000661 e. The van der Waals surface area contributed by atoms with Gasteiger partial charge in [0.2, 0.25) is 0 Å². The van der Waals surface area contributed by atoms with Crippen LogP contribution < -0.4 is 5.32 Å². The van der Waals surface area contributed by atoms with Crippen LogP contribution in [0.15, 0.2) is 0 Å². The van der Waals surface area contributed by atoms with Crippen LogP contribution in [0.4, 0.5) is 0 Å². The first kappa shape index (κ1) is 11.0. The van der Waals surface area contributed by atoms with Crippen LogP contribution >= 0.6 is 0 Å². The second-order valence-electron chi connectivity index (χ2n) is 4.37. The number of hydrogen-bond donors (Lipinski definition) is 1. The van der Waals surface area contributed by atoms with Gasteiger partial charge in [-0.25, -0.2) is 0 Å². The third-order valence-corrected chi connectivity index (χ3v) is 3.01. The average molecular weight is 184 g/mol. The molecule has 0 aromatic carbocycles. The second kappa shape index (κ2) is 6.39. The van der Waals surface area contributed by atoms with Crippen LogP contribution in [0.1, 0.15) is 32.1 Å². The summed E-state index contributed by atoms with van der Waals surface area (Å²) in [6.07, 6.45) is 7.07. The van der Waals surface area contributed by atoms with Crippen molar-refractivity contribution in [1.82, 2.24) is 10.2 Å². The Bertz CT molecular complexity index is 121. The van der Waals surface area contributed by atoms with Crippen molar-refractivity contribution in [2.75, 3.05) is 33.7 Å². The van der Waals surface area contributed by atoms with Crippen molar-refractivity contribution in [3.63, 3.8) is 0 Å². The number of rotatable bonds is 7. The minimum atomic E-state index is 1.02. The molecule has 13 heavy (non-hydrogen) atoms. The van der Waals surface area contributed by atoms with Gasteiger partial charge >= 0.3 is 0 Å². The highest BCUT2D eigenvalue weighted by atomic mass is 15.1. The van der Waals surface area contributed by atoms with E-state index in [-0.39, 0.29) is 0 Å². The van der Waals surface area contributed by atoms with Gasteiger partial charge in [-0.2, -0.15) is 0 Å². The molecule has 0 amide bonds. The summed E-state index contributed by atoms with van der Waals surface area (Å²) in [5, 5.41) is 3.19. The minimum Gasteiger partial charge on any atom is -0.320 e. The molecule has 1 aliphatic carbocycles. The first-order valence-corrected chi connectivity index (χ1v) is 5.66. The maximum absolute atomic E-state index is 3.19. The molecule has 0 bridgehead atoms. The lowest BCUT2D eigenvalue weighted by Gasteiger charge is -2.30. The molecule has 2 heteroatoms. The van der Waals surface area contributed by atoms with E-state index in [2.05, 4.69) is 17.3 Å². The average Bonchev–Trinajstić information content (AvgIpc) is 2.06. The van der Waals surface area contributed by atoms with Gasteiger partial charge in [-0.3, -0.25) is 0 Å². The maximum atomic E-state index is 3.19. The van der Waals surface area contributed by atoms with Crippen LogP contribution in [0.3, 0.4) is 0 Å². The van der Waals surface area contributed by atoms with Gasteiger partial charge in [-0.05, 0) is 58.8 Å². The topological polar surface area (TPSA) is 15.3 Å². The Kier molecular flexibility index (Phi) is 5.40. The molecule has 1 saturated carbocycles. The van der Waals surface area contributed by atoms with Gasteiger partial charge in [0.25, 0.3) is 0 Å². The molecule has 1 fully saturated rings. The summed E-state index contributed by atoms with van der Waals surface area (Å²) >= 11 is 0. The van der Waals surface area contributed by atoms with E-state index in [1.54, 1.807) is 0 Å². The SMILES string of the molecule is CNCCCCN(C)CC1CCC1. The molecule has 0 aromatic rings. The van der Waals surface area contributed by atoms with Gasteiger partial charge in [0.05, 0.1) is 0 Å². The Morgan fingerprint density at radius 1 is 1.31 bits per heavy atom. The van der Waals surface area contributed by atoms with Crippen molar-refractivity contribution in [1.29, 1.82) is 0 Å². The van der Waals surface area contributed by atoms with E-state index in [9.17, 15) is 0 Å². The lowest BCUT2D eigenvalue weighted by atomic mass is 9.85. The van der Waals surface area contributed by atoms with Crippen LogP contribution in [-0.4, -0.2) is 38.6 Å². The molecule has 0 radical (unpaired) electrons. The molecule has 0 heterocycles. The van der Waals surface area contributed by atoms with Crippen molar-refractivity contribution >= 4 is 0 Å². The first-order chi connectivity index (χ1) is 6.33. The predicted molar refractivity (Wildman–Crippen MR) is 58.0 cm³/mol. The molecule has 1 aliphatic rings. The van der Waals surface area contributed by atoms with E-state index in [1.165, 1.54) is 45.2 Å². The number of nitrogens with one attached hydrogen (secondary N) is 1. The lowest BCUT2D eigenvalue weighted by molar-refractivity contribution is 0.203. The zero-order chi connectivity index (χ0) is 9.52. The van der Waals surface area contributed by atoms with Gasteiger partial charge in [-0.15, -0.1) is 0 Å². The van der Waals surface area contributed by atoms with Gasteiger partial charge in [-0.1, -0.05) is 6.42 Å². The highest BCUT2D eigenvalue weighted by molar-refractivity contribution is 4.72. The summed E-state index contributed by atoms with van der Waals surface area (Å²) in [6, 6.07) is 0. The van der Waals surface area contributed by atoms with E-state index < -0.39 is 0 Å². The predicted octanol–water partition coefficient (Wildman–Crippen LogP) is 1.72. The molecule has 0 atom stereocenters. The Hall–Kier alpha value is -0.0800. The zero-order valence-corrected chi connectivity index (χ0v) is 9.18. The molecular formula is C11H24N2. The summed E-state index contributed by atoms with van der Waals surface area (Å²) in [5.41, 5.74) is 0. The standard InChI is InChI=1S/C11H24N2/c1-12-8-3-4-9-13(2)10-11-6-5-7-11/h11-12H,3-10H2,1-2H3. The first-order valence-electron chi connectivity index (χ1n) is 5.66. The third kappa shape index (κ3) is 4.63. The molecule has 0 saturated heterocycles. The van der Waals surface area contributed by atoms with Gasteiger partial charge in [0.15, 0.2) is 0 Å². The van der Waals surface area contributed by atoms with Crippen LogP contribution in [0.2, 0.25) is 0 Å². The molecular weight excluding hydrogens is 160 g/mol. The lowest BCUT2D eigenvalue weighted by Crippen LogP contribution is -2.30. The van der Waals surface area contributed by atoms with Crippen LogP contribution in [0.5, 0.6) is 0 Å². The molecule has 0 aliphatic heterocycles. The molecule has 78 valence electrons. The van der Waals surface area contributed by atoms with Gasteiger partial charge in [0, 0.05) is 6.54 Å². The number of unbranched alkanes of at least 4 members (excludes halogenated alkanes) is 1. The summed E-state index contributed by atoms with van der Waals surface area (Å²) in [4.78, 5) is 2.50. The van der Waals surface area contributed by atoms with E-state index in [1.807, 2.05) is 7.05 Å². The van der Waals surface area contributed by atoms with Crippen molar-refractivity contribution in [2.24, 2.45) is 5.92 Å². The summed E-state index contributed by atoms with van der Waals surface area (Å²) in [6.45, 7) is 3.77. The summed E-state index contributed by atoms with van der Waals surface area (Å²) in [7, 11) is 4.29. The van der Waals surface area contributed by atoms with Crippen molar-refractivity contribution in [3.8, 4) is 0 Å².